The molecule has 1 aromatic heterocycles. The third-order valence-electron chi connectivity index (χ3n) is 3.18. The molecule has 18 heavy (non-hydrogen) atoms. The predicted molar refractivity (Wildman–Crippen MR) is 60.9 cm³/mol. The van der Waals surface area contributed by atoms with Gasteiger partial charge < -0.3 is 10.3 Å². The van der Waals surface area contributed by atoms with E-state index in [-0.39, 0.29) is 6.54 Å². The van der Waals surface area contributed by atoms with Crippen molar-refractivity contribution in [2.45, 2.75) is 31.6 Å². The number of halogens is 3. The molecule has 2 N–H and O–H groups in total. The summed E-state index contributed by atoms with van der Waals surface area (Å²) in [5, 5.41) is 0. The molecular formula is C12H12F3N3. The van der Waals surface area contributed by atoms with E-state index in [9.17, 15) is 13.2 Å². The van der Waals surface area contributed by atoms with E-state index in [1.807, 2.05) is 4.57 Å². The number of hydrogen-bond acceptors (Lipinski definition) is 2. The number of benzene rings is 1. The summed E-state index contributed by atoms with van der Waals surface area (Å²) in [6, 6.07) is 4.03. The zero-order valence-electron chi connectivity index (χ0n) is 9.54. The maximum atomic E-state index is 12.6. The summed E-state index contributed by atoms with van der Waals surface area (Å²) >= 11 is 0. The maximum absolute atomic E-state index is 12.6. The van der Waals surface area contributed by atoms with Crippen LogP contribution in [0.15, 0.2) is 18.2 Å². The lowest BCUT2D eigenvalue weighted by molar-refractivity contribution is -0.137. The highest BCUT2D eigenvalue weighted by Gasteiger charge is 2.32. The Morgan fingerprint density at radius 2 is 2.06 bits per heavy atom. The molecule has 0 unspecified atom stereocenters. The molecule has 1 aliphatic carbocycles. The van der Waals surface area contributed by atoms with E-state index in [1.165, 1.54) is 6.07 Å². The number of imidazole rings is 1. The van der Waals surface area contributed by atoms with Crippen molar-refractivity contribution in [1.82, 2.24) is 9.55 Å². The molecule has 1 heterocycles. The predicted octanol–water partition coefficient (Wildman–Crippen LogP) is 2.85. The Morgan fingerprint density at radius 1 is 1.33 bits per heavy atom. The minimum Gasteiger partial charge on any atom is -0.324 e. The van der Waals surface area contributed by atoms with Crippen molar-refractivity contribution >= 4 is 11.0 Å². The van der Waals surface area contributed by atoms with Gasteiger partial charge in [0.15, 0.2) is 0 Å². The minimum absolute atomic E-state index is 0.243. The molecule has 1 aromatic carbocycles. The quantitative estimate of drug-likeness (QED) is 0.896. The molecule has 0 aliphatic heterocycles. The number of nitrogens with zero attached hydrogens (tertiary/aromatic N) is 2. The molecule has 0 amide bonds. The lowest BCUT2D eigenvalue weighted by Crippen LogP contribution is -2.07. The smallest absolute Gasteiger partial charge is 0.324 e. The Bertz CT molecular complexity index is 596. The first-order chi connectivity index (χ1) is 8.50. The lowest BCUT2D eigenvalue weighted by Gasteiger charge is -2.07. The molecule has 96 valence electrons. The Kier molecular flexibility index (Phi) is 2.38. The van der Waals surface area contributed by atoms with Crippen molar-refractivity contribution in [3.63, 3.8) is 0 Å². The summed E-state index contributed by atoms with van der Waals surface area (Å²) in [6.45, 7) is 0.243. The number of nitrogens with two attached hydrogens (primary N) is 1. The standard InChI is InChI=1S/C12H12F3N3/c13-12(14,15)7-1-4-10-9(5-7)17-11(6-16)18(10)8-2-3-8/h1,4-5,8H,2-3,6,16H2. The minimum atomic E-state index is -4.33. The van der Waals surface area contributed by atoms with Crippen LogP contribution in [-0.2, 0) is 12.7 Å². The van der Waals surface area contributed by atoms with Crippen molar-refractivity contribution in [3.05, 3.63) is 29.6 Å². The Labute approximate surface area is 101 Å². The van der Waals surface area contributed by atoms with Crippen LogP contribution in [0.4, 0.5) is 13.2 Å². The van der Waals surface area contributed by atoms with Crippen molar-refractivity contribution < 1.29 is 13.2 Å². The second-order valence-corrected chi connectivity index (χ2v) is 4.53. The fourth-order valence-corrected chi connectivity index (χ4v) is 2.21. The highest BCUT2D eigenvalue weighted by Crippen LogP contribution is 2.39. The van der Waals surface area contributed by atoms with Gasteiger partial charge in [-0.15, -0.1) is 0 Å². The van der Waals surface area contributed by atoms with Gasteiger partial charge in [0.05, 0.1) is 23.1 Å². The average molecular weight is 255 g/mol. The summed E-state index contributed by atoms with van der Waals surface area (Å²) in [4.78, 5) is 4.20. The maximum Gasteiger partial charge on any atom is 0.416 e. The van der Waals surface area contributed by atoms with E-state index >= 15 is 0 Å². The fraction of sp³-hybridized carbons (Fsp3) is 0.417. The van der Waals surface area contributed by atoms with Crippen LogP contribution < -0.4 is 5.73 Å². The van der Waals surface area contributed by atoms with Crippen LogP contribution in [0.25, 0.3) is 11.0 Å². The van der Waals surface area contributed by atoms with Gasteiger partial charge in [0, 0.05) is 6.04 Å². The summed E-state index contributed by atoms with van der Waals surface area (Å²) < 4.78 is 39.8. The van der Waals surface area contributed by atoms with Gasteiger partial charge >= 0.3 is 6.18 Å². The van der Waals surface area contributed by atoms with E-state index in [4.69, 9.17) is 5.73 Å². The van der Waals surface area contributed by atoms with E-state index in [1.54, 1.807) is 0 Å². The van der Waals surface area contributed by atoms with Gasteiger partial charge in [0.2, 0.25) is 0 Å². The van der Waals surface area contributed by atoms with Crippen LogP contribution >= 0.6 is 0 Å². The molecule has 2 aromatic rings. The largest absolute Gasteiger partial charge is 0.416 e. The highest BCUT2D eigenvalue weighted by atomic mass is 19.4. The average Bonchev–Trinajstić information content (AvgIpc) is 3.07. The van der Waals surface area contributed by atoms with Gasteiger partial charge in [-0.1, -0.05) is 0 Å². The van der Waals surface area contributed by atoms with Gasteiger partial charge in [-0.3, -0.25) is 0 Å². The molecule has 0 atom stereocenters. The van der Waals surface area contributed by atoms with Gasteiger partial charge in [-0.2, -0.15) is 13.2 Å². The van der Waals surface area contributed by atoms with E-state index < -0.39 is 11.7 Å². The first-order valence-corrected chi connectivity index (χ1v) is 5.79. The second kappa shape index (κ2) is 3.71. The fourth-order valence-electron chi connectivity index (χ4n) is 2.21. The van der Waals surface area contributed by atoms with Crippen molar-refractivity contribution in [1.29, 1.82) is 0 Å². The molecule has 1 aliphatic rings. The molecular weight excluding hydrogens is 243 g/mol. The molecule has 1 saturated carbocycles. The third-order valence-corrected chi connectivity index (χ3v) is 3.18. The normalized spacial score (nSPS) is 16.4. The second-order valence-electron chi connectivity index (χ2n) is 4.53. The zero-order valence-corrected chi connectivity index (χ0v) is 9.54. The van der Waals surface area contributed by atoms with Gasteiger partial charge in [-0.25, -0.2) is 4.98 Å². The van der Waals surface area contributed by atoms with Gasteiger partial charge in [-0.05, 0) is 31.0 Å². The number of aromatic nitrogens is 2. The van der Waals surface area contributed by atoms with Crippen molar-refractivity contribution in [3.8, 4) is 0 Å². The van der Waals surface area contributed by atoms with Crippen LogP contribution in [0.5, 0.6) is 0 Å². The van der Waals surface area contributed by atoms with Crippen LogP contribution in [0.3, 0.4) is 0 Å². The van der Waals surface area contributed by atoms with Crippen LogP contribution in [0.1, 0.15) is 30.3 Å². The van der Waals surface area contributed by atoms with E-state index in [0.717, 1.165) is 30.5 Å². The molecule has 1 fully saturated rings. The van der Waals surface area contributed by atoms with E-state index in [2.05, 4.69) is 4.98 Å². The zero-order chi connectivity index (χ0) is 12.9. The molecule has 3 nitrogen and oxygen atoms in total. The third kappa shape index (κ3) is 1.77. The van der Waals surface area contributed by atoms with Gasteiger partial charge in [0.25, 0.3) is 0 Å². The topological polar surface area (TPSA) is 43.8 Å². The molecule has 0 saturated heterocycles. The Hall–Kier alpha value is -1.56. The Balaban J connectivity index is 2.18. The number of fused-ring (bicyclic) bond motifs is 1. The van der Waals surface area contributed by atoms with Gasteiger partial charge in [0.1, 0.15) is 5.82 Å². The first-order valence-electron chi connectivity index (χ1n) is 5.79. The molecule has 0 spiro atoms. The summed E-state index contributed by atoms with van der Waals surface area (Å²) in [5.74, 6) is 0.659. The SMILES string of the molecule is NCc1nc2cc(C(F)(F)F)ccc2n1C1CC1. The summed E-state index contributed by atoms with van der Waals surface area (Å²) in [5.41, 5.74) is 6.04. The monoisotopic (exact) mass is 255 g/mol. The number of alkyl halides is 3. The molecule has 6 heteroatoms. The summed E-state index contributed by atoms with van der Waals surface area (Å²) in [6.07, 6.45) is -2.25. The molecule has 0 bridgehead atoms. The highest BCUT2D eigenvalue weighted by molar-refractivity contribution is 5.77. The van der Waals surface area contributed by atoms with Crippen LogP contribution in [-0.4, -0.2) is 9.55 Å². The number of rotatable bonds is 2. The Morgan fingerprint density at radius 3 is 2.61 bits per heavy atom. The summed E-state index contributed by atoms with van der Waals surface area (Å²) in [7, 11) is 0. The van der Waals surface area contributed by atoms with Crippen LogP contribution in [0.2, 0.25) is 0 Å². The molecule has 3 rings (SSSR count). The van der Waals surface area contributed by atoms with Crippen LogP contribution in [0, 0.1) is 0 Å². The first kappa shape index (κ1) is 11.5. The van der Waals surface area contributed by atoms with Crippen molar-refractivity contribution in [2.24, 2.45) is 5.73 Å². The molecule has 0 radical (unpaired) electrons. The number of hydrogen-bond donors (Lipinski definition) is 1. The lowest BCUT2D eigenvalue weighted by atomic mass is 10.2. The van der Waals surface area contributed by atoms with E-state index in [0.29, 0.717) is 17.4 Å². The van der Waals surface area contributed by atoms with Crippen molar-refractivity contribution in [2.75, 3.05) is 0 Å².